The zero-order chi connectivity index (χ0) is 17.4. The predicted molar refractivity (Wildman–Crippen MR) is 86.7 cm³/mol. The maximum atomic E-state index is 13.9. The second-order valence-corrected chi connectivity index (χ2v) is 5.99. The van der Waals surface area contributed by atoms with E-state index in [1.165, 1.54) is 12.3 Å². The van der Waals surface area contributed by atoms with Crippen molar-refractivity contribution in [2.45, 2.75) is 19.5 Å². The number of hydrogen-bond donors (Lipinski definition) is 1. The molecule has 0 bridgehead atoms. The summed E-state index contributed by atoms with van der Waals surface area (Å²) in [6, 6.07) is 7.58. The average molecular weight is 343 g/mol. The first-order chi connectivity index (χ1) is 12.1. The normalized spacial score (nSPS) is 14.5. The number of hydrogen-bond acceptors (Lipinski definition) is 4. The fourth-order valence-corrected chi connectivity index (χ4v) is 3.07. The number of aromatic amines is 1. The number of fused-ring (bicyclic) bond motifs is 1. The highest BCUT2D eigenvalue weighted by atomic mass is 19.2. The summed E-state index contributed by atoms with van der Waals surface area (Å²) in [5.41, 5.74) is 1.37. The van der Waals surface area contributed by atoms with Crippen molar-refractivity contribution in [1.29, 1.82) is 0 Å². The van der Waals surface area contributed by atoms with E-state index >= 15 is 0 Å². The standard InChI is InChI=1S/C18H15F2N3O2/c19-13-4-1-3-11(16(13)20)9-23-7-6-12-14(10-23)21-17(22-18(12)24)15-5-2-8-25-15/h1-5,8H,6-7,9-10H2,(H,21,22,24). The molecule has 1 N–H and O–H groups in total. The Labute approximate surface area is 141 Å². The van der Waals surface area contributed by atoms with Crippen molar-refractivity contribution in [1.82, 2.24) is 14.9 Å². The molecule has 0 fully saturated rings. The largest absolute Gasteiger partial charge is 0.461 e. The quantitative estimate of drug-likeness (QED) is 0.794. The van der Waals surface area contributed by atoms with Crippen molar-refractivity contribution < 1.29 is 13.2 Å². The van der Waals surface area contributed by atoms with Crippen LogP contribution in [-0.2, 0) is 19.5 Å². The molecular formula is C18H15F2N3O2. The number of furan rings is 1. The molecule has 0 saturated heterocycles. The Hall–Kier alpha value is -2.80. The van der Waals surface area contributed by atoms with Crippen LogP contribution in [0.2, 0.25) is 0 Å². The number of halogens is 2. The van der Waals surface area contributed by atoms with Gasteiger partial charge in [0, 0.05) is 30.8 Å². The van der Waals surface area contributed by atoms with Gasteiger partial charge >= 0.3 is 0 Å². The Kier molecular flexibility index (Phi) is 3.93. The van der Waals surface area contributed by atoms with E-state index in [4.69, 9.17) is 4.42 Å². The summed E-state index contributed by atoms with van der Waals surface area (Å²) in [5.74, 6) is -0.839. The van der Waals surface area contributed by atoms with Gasteiger partial charge in [-0.25, -0.2) is 13.8 Å². The van der Waals surface area contributed by atoms with Crippen LogP contribution in [0.4, 0.5) is 8.78 Å². The van der Waals surface area contributed by atoms with Gasteiger partial charge in [0.25, 0.3) is 5.56 Å². The van der Waals surface area contributed by atoms with Crippen LogP contribution in [0.3, 0.4) is 0 Å². The molecule has 3 heterocycles. The second-order valence-electron chi connectivity index (χ2n) is 5.99. The second kappa shape index (κ2) is 6.25. The first-order valence-corrected chi connectivity index (χ1v) is 7.93. The minimum Gasteiger partial charge on any atom is -0.461 e. The van der Waals surface area contributed by atoms with E-state index in [1.54, 1.807) is 18.2 Å². The first kappa shape index (κ1) is 15.7. The van der Waals surface area contributed by atoms with E-state index in [2.05, 4.69) is 9.97 Å². The van der Waals surface area contributed by atoms with Crippen LogP contribution in [0.1, 0.15) is 16.8 Å². The molecule has 4 rings (SSSR count). The van der Waals surface area contributed by atoms with Crippen molar-refractivity contribution in [3.8, 4) is 11.6 Å². The van der Waals surface area contributed by atoms with Crippen molar-refractivity contribution in [3.63, 3.8) is 0 Å². The monoisotopic (exact) mass is 343 g/mol. The lowest BCUT2D eigenvalue weighted by Gasteiger charge is -2.27. The zero-order valence-corrected chi connectivity index (χ0v) is 13.3. The maximum Gasteiger partial charge on any atom is 0.254 e. The number of rotatable bonds is 3. The number of benzene rings is 1. The van der Waals surface area contributed by atoms with Gasteiger partial charge in [0.05, 0.1) is 12.0 Å². The van der Waals surface area contributed by atoms with Crippen molar-refractivity contribution >= 4 is 0 Å². The van der Waals surface area contributed by atoms with Crippen LogP contribution in [0.25, 0.3) is 11.6 Å². The van der Waals surface area contributed by atoms with Gasteiger partial charge in [0.15, 0.2) is 23.2 Å². The lowest BCUT2D eigenvalue weighted by atomic mass is 10.1. The smallest absolute Gasteiger partial charge is 0.254 e. The molecule has 1 aliphatic rings. The summed E-state index contributed by atoms with van der Waals surface area (Å²) < 4.78 is 32.5. The molecule has 5 nitrogen and oxygen atoms in total. The van der Waals surface area contributed by atoms with Crippen LogP contribution in [0.5, 0.6) is 0 Å². The summed E-state index contributed by atoms with van der Waals surface area (Å²) in [6.45, 7) is 1.23. The zero-order valence-electron chi connectivity index (χ0n) is 13.3. The molecule has 7 heteroatoms. The number of aromatic nitrogens is 2. The third-order valence-corrected chi connectivity index (χ3v) is 4.33. The van der Waals surface area contributed by atoms with Gasteiger partial charge < -0.3 is 9.40 Å². The SMILES string of the molecule is O=c1[nH]c(-c2ccco2)nc2c1CCN(Cc1cccc(F)c1F)C2. The lowest BCUT2D eigenvalue weighted by Crippen LogP contribution is -2.35. The highest BCUT2D eigenvalue weighted by Crippen LogP contribution is 2.21. The summed E-state index contributed by atoms with van der Waals surface area (Å²) in [6.07, 6.45) is 2.01. The van der Waals surface area contributed by atoms with Gasteiger partial charge in [0.1, 0.15) is 0 Å². The fourth-order valence-electron chi connectivity index (χ4n) is 3.07. The van der Waals surface area contributed by atoms with Crippen LogP contribution in [0.15, 0.2) is 45.8 Å². The van der Waals surface area contributed by atoms with Gasteiger partial charge in [-0.1, -0.05) is 12.1 Å². The van der Waals surface area contributed by atoms with Gasteiger partial charge in [-0.15, -0.1) is 0 Å². The highest BCUT2D eigenvalue weighted by Gasteiger charge is 2.23. The van der Waals surface area contributed by atoms with E-state index in [1.807, 2.05) is 4.90 Å². The van der Waals surface area contributed by atoms with Gasteiger partial charge in [-0.3, -0.25) is 9.69 Å². The molecule has 0 aliphatic carbocycles. The molecule has 1 aromatic carbocycles. The van der Waals surface area contributed by atoms with Crippen LogP contribution >= 0.6 is 0 Å². The molecule has 25 heavy (non-hydrogen) atoms. The Bertz CT molecular complexity index is 967. The number of nitrogens with one attached hydrogen (secondary N) is 1. The van der Waals surface area contributed by atoms with Crippen LogP contribution < -0.4 is 5.56 Å². The molecule has 0 amide bonds. The van der Waals surface area contributed by atoms with E-state index in [-0.39, 0.29) is 12.1 Å². The topological polar surface area (TPSA) is 62.1 Å². The van der Waals surface area contributed by atoms with Crippen molar-refractivity contribution in [3.05, 3.63) is 75.4 Å². The highest BCUT2D eigenvalue weighted by molar-refractivity contribution is 5.47. The van der Waals surface area contributed by atoms with E-state index in [9.17, 15) is 13.6 Å². The van der Waals surface area contributed by atoms with Crippen molar-refractivity contribution in [2.24, 2.45) is 0 Å². The third kappa shape index (κ3) is 2.98. The molecule has 3 aromatic rings. The minimum absolute atomic E-state index is 0.187. The van der Waals surface area contributed by atoms with Crippen molar-refractivity contribution in [2.75, 3.05) is 6.54 Å². The van der Waals surface area contributed by atoms with Crippen LogP contribution in [-0.4, -0.2) is 21.4 Å². The van der Waals surface area contributed by atoms with E-state index in [0.717, 1.165) is 6.07 Å². The summed E-state index contributed by atoms with van der Waals surface area (Å²) in [5, 5.41) is 0. The number of H-pyrrole nitrogens is 1. The Balaban J connectivity index is 1.62. The molecule has 1 aliphatic heterocycles. The summed E-state index contributed by atoms with van der Waals surface area (Å²) >= 11 is 0. The maximum absolute atomic E-state index is 13.9. The molecule has 0 radical (unpaired) electrons. The van der Waals surface area contributed by atoms with Gasteiger partial charge in [0.2, 0.25) is 0 Å². The van der Waals surface area contributed by atoms with E-state index in [0.29, 0.717) is 47.9 Å². The summed E-state index contributed by atoms with van der Waals surface area (Å²) in [7, 11) is 0. The molecule has 0 unspecified atom stereocenters. The molecule has 0 atom stereocenters. The average Bonchev–Trinajstić information content (AvgIpc) is 3.13. The molecule has 2 aromatic heterocycles. The fraction of sp³-hybridized carbons (Fsp3) is 0.222. The van der Waals surface area contributed by atoms with Crippen LogP contribution in [0, 0.1) is 11.6 Å². The number of nitrogens with zero attached hydrogens (tertiary/aromatic N) is 2. The summed E-state index contributed by atoms with van der Waals surface area (Å²) in [4.78, 5) is 21.4. The lowest BCUT2D eigenvalue weighted by molar-refractivity contribution is 0.236. The van der Waals surface area contributed by atoms with Gasteiger partial charge in [-0.05, 0) is 24.6 Å². The predicted octanol–water partition coefficient (Wildman–Crippen LogP) is 2.87. The molecule has 128 valence electrons. The molecule has 0 saturated carbocycles. The molecular weight excluding hydrogens is 328 g/mol. The first-order valence-electron chi connectivity index (χ1n) is 7.93. The van der Waals surface area contributed by atoms with E-state index < -0.39 is 11.6 Å². The minimum atomic E-state index is -0.857. The Morgan fingerprint density at radius 1 is 1.24 bits per heavy atom. The molecule has 0 spiro atoms. The Morgan fingerprint density at radius 2 is 2.12 bits per heavy atom. The Morgan fingerprint density at radius 3 is 2.92 bits per heavy atom. The van der Waals surface area contributed by atoms with Gasteiger partial charge in [-0.2, -0.15) is 0 Å². The third-order valence-electron chi connectivity index (χ3n) is 4.33.